The molecule has 1 atom stereocenters. The summed E-state index contributed by atoms with van der Waals surface area (Å²) in [6.45, 7) is 0.698. The molecular formula is C14H16F2N2O3. The Hall–Kier alpha value is -2.18. The van der Waals surface area contributed by atoms with E-state index in [1.807, 2.05) is 0 Å². The summed E-state index contributed by atoms with van der Waals surface area (Å²) < 4.78 is 31.0. The summed E-state index contributed by atoms with van der Waals surface area (Å²) in [5.74, 6) is -2.29. The molecule has 1 aromatic carbocycles. The number of carbonyl (C=O) groups is 2. The number of ether oxygens (including phenoxy) is 1. The lowest BCUT2D eigenvalue weighted by atomic mass is 9.98. The molecule has 0 unspecified atom stereocenters. The number of amides is 2. The maximum atomic E-state index is 13.5. The summed E-state index contributed by atoms with van der Waals surface area (Å²) >= 11 is 0. The Kier molecular flexibility index (Phi) is 4.72. The van der Waals surface area contributed by atoms with Crippen molar-refractivity contribution in [2.45, 2.75) is 12.8 Å². The predicted molar refractivity (Wildman–Crippen MR) is 71.7 cm³/mol. The molecule has 1 heterocycles. The zero-order valence-electron chi connectivity index (χ0n) is 11.6. The number of methoxy groups -OCH3 is 1. The zero-order valence-corrected chi connectivity index (χ0v) is 11.6. The monoisotopic (exact) mass is 298 g/mol. The number of urea groups is 1. The van der Waals surface area contributed by atoms with Crippen molar-refractivity contribution >= 4 is 17.7 Å². The molecule has 0 bridgehead atoms. The van der Waals surface area contributed by atoms with Gasteiger partial charge < -0.3 is 15.0 Å². The van der Waals surface area contributed by atoms with Crippen LogP contribution in [0.3, 0.4) is 0 Å². The molecule has 1 aromatic rings. The van der Waals surface area contributed by atoms with Crippen LogP contribution in [0.5, 0.6) is 0 Å². The number of piperidine rings is 1. The molecule has 114 valence electrons. The lowest BCUT2D eigenvalue weighted by molar-refractivity contribution is -0.146. The Labute approximate surface area is 120 Å². The maximum absolute atomic E-state index is 13.5. The zero-order chi connectivity index (χ0) is 15.4. The van der Waals surface area contributed by atoms with E-state index < -0.39 is 17.7 Å². The molecule has 1 fully saturated rings. The van der Waals surface area contributed by atoms with Gasteiger partial charge in [0.05, 0.1) is 18.7 Å². The first kappa shape index (κ1) is 15.2. The maximum Gasteiger partial charge on any atom is 0.321 e. The second kappa shape index (κ2) is 6.51. The lowest BCUT2D eigenvalue weighted by Gasteiger charge is -2.31. The third-order valence-corrected chi connectivity index (χ3v) is 3.42. The Morgan fingerprint density at radius 2 is 2.14 bits per heavy atom. The van der Waals surface area contributed by atoms with Crippen molar-refractivity contribution in [3.63, 3.8) is 0 Å². The molecule has 1 N–H and O–H groups in total. The highest BCUT2D eigenvalue weighted by molar-refractivity contribution is 5.90. The number of likely N-dealkylation sites (tertiary alicyclic amines) is 1. The molecule has 21 heavy (non-hydrogen) atoms. The predicted octanol–water partition coefficient (Wildman–Crippen LogP) is 2.38. The van der Waals surface area contributed by atoms with Gasteiger partial charge >= 0.3 is 12.0 Å². The van der Waals surface area contributed by atoms with E-state index in [9.17, 15) is 18.4 Å². The van der Waals surface area contributed by atoms with Crippen LogP contribution >= 0.6 is 0 Å². The molecule has 5 nitrogen and oxygen atoms in total. The first-order valence-corrected chi connectivity index (χ1v) is 6.60. The van der Waals surface area contributed by atoms with E-state index in [2.05, 4.69) is 10.1 Å². The molecule has 2 amide bonds. The molecule has 1 aliphatic heterocycles. The van der Waals surface area contributed by atoms with Gasteiger partial charge in [0.15, 0.2) is 0 Å². The van der Waals surface area contributed by atoms with Gasteiger partial charge in [-0.2, -0.15) is 0 Å². The Balaban J connectivity index is 2.01. The summed E-state index contributed by atoms with van der Waals surface area (Å²) in [6, 6.07) is 2.40. The van der Waals surface area contributed by atoms with Gasteiger partial charge in [-0.1, -0.05) is 0 Å². The van der Waals surface area contributed by atoms with Gasteiger partial charge in [0.2, 0.25) is 0 Å². The number of anilines is 1. The van der Waals surface area contributed by atoms with Crippen LogP contribution in [0.25, 0.3) is 0 Å². The van der Waals surface area contributed by atoms with Gasteiger partial charge in [0, 0.05) is 19.2 Å². The highest BCUT2D eigenvalue weighted by atomic mass is 19.1. The molecule has 0 aliphatic carbocycles. The van der Waals surface area contributed by atoms with Gasteiger partial charge in [0.1, 0.15) is 11.6 Å². The number of benzene rings is 1. The number of esters is 1. The number of rotatable bonds is 2. The average Bonchev–Trinajstić information content (AvgIpc) is 2.49. The number of nitrogens with one attached hydrogen (secondary N) is 1. The Bertz CT molecular complexity index is 551. The van der Waals surface area contributed by atoms with Crippen LogP contribution in [0.4, 0.5) is 19.3 Å². The second-order valence-electron chi connectivity index (χ2n) is 4.86. The molecule has 1 saturated heterocycles. The van der Waals surface area contributed by atoms with Gasteiger partial charge in [-0.15, -0.1) is 0 Å². The van der Waals surface area contributed by atoms with Crippen molar-refractivity contribution < 1.29 is 23.1 Å². The van der Waals surface area contributed by atoms with Crippen LogP contribution in [0.15, 0.2) is 18.2 Å². The smallest absolute Gasteiger partial charge is 0.321 e. The number of nitrogens with zero attached hydrogens (tertiary/aromatic N) is 1. The van der Waals surface area contributed by atoms with Crippen LogP contribution in [0.1, 0.15) is 12.8 Å². The standard InChI is InChI=1S/C14H16F2N2O3/c1-21-13(19)9-3-2-6-18(8-9)14(20)17-12-5-4-10(15)7-11(12)16/h4-5,7,9H,2-3,6,8H2,1H3,(H,17,20)/t9-/m0/s1. The van der Waals surface area contributed by atoms with Gasteiger partial charge in [-0.05, 0) is 25.0 Å². The van der Waals surface area contributed by atoms with Gasteiger partial charge in [-0.3, -0.25) is 4.79 Å². The van der Waals surface area contributed by atoms with Gasteiger partial charge in [-0.25, -0.2) is 13.6 Å². The fourth-order valence-corrected chi connectivity index (χ4v) is 2.31. The average molecular weight is 298 g/mol. The summed E-state index contributed by atoms with van der Waals surface area (Å²) in [7, 11) is 1.30. The van der Waals surface area contributed by atoms with Crippen LogP contribution in [-0.2, 0) is 9.53 Å². The minimum absolute atomic E-state index is 0.0957. The molecule has 0 saturated carbocycles. The van der Waals surface area contributed by atoms with E-state index in [0.717, 1.165) is 12.1 Å². The molecule has 1 aliphatic rings. The summed E-state index contributed by atoms with van der Waals surface area (Å²) in [6.07, 6.45) is 1.32. The number of carbonyl (C=O) groups excluding carboxylic acids is 2. The van der Waals surface area contributed by atoms with Gasteiger partial charge in [0.25, 0.3) is 0 Å². The minimum atomic E-state index is -0.843. The molecular weight excluding hydrogens is 282 g/mol. The molecule has 0 radical (unpaired) electrons. The summed E-state index contributed by atoms with van der Waals surface area (Å²) in [5, 5.41) is 2.38. The number of halogens is 2. The summed E-state index contributed by atoms with van der Waals surface area (Å²) in [4.78, 5) is 25.0. The van der Waals surface area contributed by atoms with E-state index in [-0.39, 0.29) is 24.1 Å². The quantitative estimate of drug-likeness (QED) is 0.853. The molecule has 7 heteroatoms. The first-order valence-electron chi connectivity index (χ1n) is 6.60. The van der Waals surface area contributed by atoms with E-state index in [0.29, 0.717) is 25.5 Å². The minimum Gasteiger partial charge on any atom is -0.469 e. The van der Waals surface area contributed by atoms with Crippen molar-refractivity contribution in [1.82, 2.24) is 4.90 Å². The number of hydrogen-bond donors (Lipinski definition) is 1. The fourth-order valence-electron chi connectivity index (χ4n) is 2.31. The van der Waals surface area contributed by atoms with Crippen molar-refractivity contribution in [1.29, 1.82) is 0 Å². The third kappa shape index (κ3) is 3.68. The van der Waals surface area contributed by atoms with Crippen molar-refractivity contribution in [2.24, 2.45) is 5.92 Å². The largest absolute Gasteiger partial charge is 0.469 e. The normalized spacial score (nSPS) is 18.2. The third-order valence-electron chi connectivity index (χ3n) is 3.42. The first-order chi connectivity index (χ1) is 10.0. The van der Waals surface area contributed by atoms with Crippen molar-refractivity contribution in [2.75, 3.05) is 25.5 Å². The van der Waals surface area contributed by atoms with Crippen LogP contribution in [0.2, 0.25) is 0 Å². The number of hydrogen-bond acceptors (Lipinski definition) is 3. The Morgan fingerprint density at radius 3 is 2.81 bits per heavy atom. The van der Waals surface area contributed by atoms with Crippen LogP contribution in [0, 0.1) is 17.6 Å². The van der Waals surface area contributed by atoms with E-state index >= 15 is 0 Å². The second-order valence-corrected chi connectivity index (χ2v) is 4.86. The van der Waals surface area contributed by atoms with Crippen LogP contribution in [-0.4, -0.2) is 37.1 Å². The summed E-state index contributed by atoms with van der Waals surface area (Å²) in [5.41, 5.74) is -0.0957. The highest BCUT2D eigenvalue weighted by Gasteiger charge is 2.29. The molecule has 0 aromatic heterocycles. The van der Waals surface area contributed by atoms with Crippen molar-refractivity contribution in [3.05, 3.63) is 29.8 Å². The van der Waals surface area contributed by atoms with Crippen LogP contribution < -0.4 is 5.32 Å². The van der Waals surface area contributed by atoms with E-state index in [4.69, 9.17) is 0 Å². The molecule has 0 spiro atoms. The SMILES string of the molecule is COC(=O)[C@H]1CCCN(C(=O)Nc2ccc(F)cc2F)C1. The molecule has 2 rings (SSSR count). The van der Waals surface area contributed by atoms with Crippen molar-refractivity contribution in [3.8, 4) is 0 Å². The lowest BCUT2D eigenvalue weighted by Crippen LogP contribution is -2.44. The highest BCUT2D eigenvalue weighted by Crippen LogP contribution is 2.20. The van der Waals surface area contributed by atoms with E-state index in [1.165, 1.54) is 12.0 Å². The van der Waals surface area contributed by atoms with E-state index in [1.54, 1.807) is 0 Å². The topological polar surface area (TPSA) is 58.6 Å². The Morgan fingerprint density at radius 1 is 1.38 bits per heavy atom. The fraction of sp³-hybridized carbons (Fsp3) is 0.429.